The Balaban J connectivity index is 1.99. The first-order valence-corrected chi connectivity index (χ1v) is 10.2. The monoisotopic (exact) mass is 393 g/mol. The quantitative estimate of drug-likeness (QED) is 0.581. The molecule has 0 aromatic heterocycles. The zero-order chi connectivity index (χ0) is 19.9. The van der Waals surface area contributed by atoms with Crippen LogP contribution >= 0.6 is 0 Å². The topological polar surface area (TPSA) is 65.1 Å². The summed E-state index contributed by atoms with van der Waals surface area (Å²) in [6, 6.07) is 12.5. The standard InChI is InChI=1S/C20H27NO5S/c1-16-7-5-6-8-19(16)25-12-11-21(3)27(22,23)18-9-10-20(17(2)15-18)26-14-13-24-4/h5-10,15H,11-14H2,1-4H3. The Labute approximate surface area is 161 Å². The minimum atomic E-state index is -3.59. The molecule has 148 valence electrons. The molecule has 27 heavy (non-hydrogen) atoms. The average Bonchev–Trinajstić information content (AvgIpc) is 2.64. The number of aryl methyl sites for hydroxylation is 2. The second-order valence-corrected chi connectivity index (χ2v) is 8.25. The summed E-state index contributed by atoms with van der Waals surface area (Å²) in [5, 5.41) is 0. The largest absolute Gasteiger partial charge is 0.492 e. The van der Waals surface area contributed by atoms with Crippen LogP contribution in [0.5, 0.6) is 11.5 Å². The Morgan fingerprint density at radius 2 is 1.56 bits per heavy atom. The molecule has 0 atom stereocenters. The van der Waals surface area contributed by atoms with Gasteiger partial charge in [0, 0.05) is 20.7 Å². The molecular formula is C20H27NO5S. The Hall–Kier alpha value is -2.09. The fraction of sp³-hybridized carbons (Fsp3) is 0.400. The predicted octanol–water partition coefficient (Wildman–Crippen LogP) is 3.03. The second-order valence-electron chi connectivity index (χ2n) is 6.21. The lowest BCUT2D eigenvalue weighted by Crippen LogP contribution is -2.31. The van der Waals surface area contributed by atoms with Crippen molar-refractivity contribution in [1.29, 1.82) is 0 Å². The van der Waals surface area contributed by atoms with E-state index in [0.29, 0.717) is 19.0 Å². The summed E-state index contributed by atoms with van der Waals surface area (Å²) < 4.78 is 43.1. The third kappa shape index (κ3) is 5.69. The molecule has 0 saturated heterocycles. The smallest absolute Gasteiger partial charge is 0.242 e. The van der Waals surface area contributed by atoms with Crippen LogP contribution in [0.2, 0.25) is 0 Å². The lowest BCUT2D eigenvalue weighted by atomic mass is 10.2. The van der Waals surface area contributed by atoms with Gasteiger partial charge in [0.1, 0.15) is 24.7 Å². The first-order chi connectivity index (χ1) is 12.9. The highest BCUT2D eigenvalue weighted by molar-refractivity contribution is 7.89. The number of methoxy groups -OCH3 is 1. The maximum absolute atomic E-state index is 12.8. The molecule has 7 heteroatoms. The van der Waals surface area contributed by atoms with E-state index in [1.165, 1.54) is 4.31 Å². The highest BCUT2D eigenvalue weighted by atomic mass is 32.2. The van der Waals surface area contributed by atoms with Crippen molar-refractivity contribution >= 4 is 10.0 Å². The molecule has 0 radical (unpaired) electrons. The van der Waals surface area contributed by atoms with E-state index in [4.69, 9.17) is 14.2 Å². The van der Waals surface area contributed by atoms with Gasteiger partial charge in [-0.25, -0.2) is 8.42 Å². The molecule has 0 aliphatic rings. The number of benzene rings is 2. The van der Waals surface area contributed by atoms with Crippen molar-refractivity contribution in [1.82, 2.24) is 4.31 Å². The van der Waals surface area contributed by atoms with Crippen LogP contribution in [-0.4, -0.2) is 53.2 Å². The van der Waals surface area contributed by atoms with Crippen LogP contribution in [0.25, 0.3) is 0 Å². The molecule has 6 nitrogen and oxygen atoms in total. The van der Waals surface area contributed by atoms with Gasteiger partial charge >= 0.3 is 0 Å². The second kappa shape index (κ2) is 9.73. The SMILES string of the molecule is COCCOc1ccc(S(=O)(=O)N(C)CCOc2ccccc2C)cc1C. The minimum Gasteiger partial charge on any atom is -0.492 e. The van der Waals surface area contributed by atoms with Crippen LogP contribution in [-0.2, 0) is 14.8 Å². The number of likely N-dealkylation sites (N-methyl/N-ethyl adjacent to an activating group) is 1. The number of nitrogens with zero attached hydrogens (tertiary/aromatic N) is 1. The number of para-hydroxylation sites is 1. The van der Waals surface area contributed by atoms with Crippen LogP contribution in [0, 0.1) is 13.8 Å². The molecule has 2 aromatic carbocycles. The third-order valence-electron chi connectivity index (χ3n) is 4.16. The summed E-state index contributed by atoms with van der Waals surface area (Å²) in [6.07, 6.45) is 0. The number of hydrogen-bond donors (Lipinski definition) is 0. The van der Waals surface area contributed by atoms with Crippen molar-refractivity contribution in [2.24, 2.45) is 0 Å². The molecule has 2 aromatic rings. The molecule has 0 bridgehead atoms. The highest BCUT2D eigenvalue weighted by Gasteiger charge is 2.21. The zero-order valence-electron chi connectivity index (χ0n) is 16.3. The van der Waals surface area contributed by atoms with Gasteiger partial charge in [0.05, 0.1) is 11.5 Å². The number of hydrogen-bond acceptors (Lipinski definition) is 5. The molecule has 0 aliphatic heterocycles. The van der Waals surface area contributed by atoms with E-state index in [-0.39, 0.29) is 18.0 Å². The lowest BCUT2D eigenvalue weighted by molar-refractivity contribution is 0.146. The van der Waals surface area contributed by atoms with E-state index in [1.54, 1.807) is 32.4 Å². The van der Waals surface area contributed by atoms with Crippen molar-refractivity contribution in [3.05, 3.63) is 53.6 Å². The van der Waals surface area contributed by atoms with Gasteiger partial charge in [-0.2, -0.15) is 4.31 Å². The minimum absolute atomic E-state index is 0.234. The average molecular weight is 394 g/mol. The van der Waals surface area contributed by atoms with Gasteiger partial charge in [-0.1, -0.05) is 18.2 Å². The summed E-state index contributed by atoms with van der Waals surface area (Å²) in [5.41, 5.74) is 1.78. The number of ether oxygens (including phenoxy) is 3. The Morgan fingerprint density at radius 1 is 0.889 bits per heavy atom. The van der Waals surface area contributed by atoms with Crippen molar-refractivity contribution in [3.63, 3.8) is 0 Å². The van der Waals surface area contributed by atoms with Gasteiger partial charge in [0.15, 0.2) is 0 Å². The molecule has 0 heterocycles. The number of rotatable bonds is 10. The first kappa shape index (κ1) is 21.2. The Bertz CT molecular complexity index is 851. The fourth-order valence-corrected chi connectivity index (χ4v) is 3.72. The predicted molar refractivity (Wildman–Crippen MR) is 105 cm³/mol. The van der Waals surface area contributed by atoms with Crippen LogP contribution in [0.1, 0.15) is 11.1 Å². The van der Waals surface area contributed by atoms with Gasteiger partial charge in [0.25, 0.3) is 0 Å². The Morgan fingerprint density at radius 3 is 2.22 bits per heavy atom. The van der Waals surface area contributed by atoms with Crippen LogP contribution in [0.15, 0.2) is 47.4 Å². The lowest BCUT2D eigenvalue weighted by Gasteiger charge is -2.19. The van der Waals surface area contributed by atoms with Crippen LogP contribution in [0.4, 0.5) is 0 Å². The van der Waals surface area contributed by atoms with Crippen molar-refractivity contribution in [2.75, 3.05) is 40.5 Å². The normalized spacial score (nSPS) is 11.6. The summed E-state index contributed by atoms with van der Waals surface area (Å²) in [6.45, 7) is 5.19. The van der Waals surface area contributed by atoms with Gasteiger partial charge in [0.2, 0.25) is 10.0 Å². The van der Waals surface area contributed by atoms with E-state index >= 15 is 0 Å². The summed E-state index contributed by atoms with van der Waals surface area (Å²) in [7, 11) is -0.443. The fourth-order valence-electron chi connectivity index (χ4n) is 2.48. The van der Waals surface area contributed by atoms with Crippen molar-refractivity contribution in [3.8, 4) is 11.5 Å². The van der Waals surface area contributed by atoms with Crippen molar-refractivity contribution < 1.29 is 22.6 Å². The number of sulfonamides is 1. The highest BCUT2D eigenvalue weighted by Crippen LogP contribution is 2.24. The van der Waals surface area contributed by atoms with Crippen LogP contribution < -0.4 is 9.47 Å². The van der Waals surface area contributed by atoms with Gasteiger partial charge < -0.3 is 14.2 Å². The van der Waals surface area contributed by atoms with E-state index < -0.39 is 10.0 Å². The van der Waals surface area contributed by atoms with Gasteiger partial charge in [-0.15, -0.1) is 0 Å². The first-order valence-electron chi connectivity index (χ1n) is 8.73. The Kier molecular flexibility index (Phi) is 7.65. The summed E-state index contributed by atoms with van der Waals surface area (Å²) in [5.74, 6) is 1.41. The molecule has 0 amide bonds. The van der Waals surface area contributed by atoms with E-state index in [1.807, 2.05) is 38.1 Å². The molecule has 0 N–H and O–H groups in total. The maximum atomic E-state index is 12.8. The maximum Gasteiger partial charge on any atom is 0.242 e. The van der Waals surface area contributed by atoms with E-state index in [9.17, 15) is 8.42 Å². The zero-order valence-corrected chi connectivity index (χ0v) is 17.1. The van der Waals surface area contributed by atoms with Gasteiger partial charge in [-0.3, -0.25) is 0 Å². The van der Waals surface area contributed by atoms with Crippen LogP contribution in [0.3, 0.4) is 0 Å². The molecule has 0 aliphatic carbocycles. The molecule has 0 spiro atoms. The molecule has 2 rings (SSSR count). The molecule has 0 fully saturated rings. The summed E-state index contributed by atoms with van der Waals surface area (Å²) in [4.78, 5) is 0.234. The molecule has 0 saturated carbocycles. The van der Waals surface area contributed by atoms with Crippen molar-refractivity contribution in [2.45, 2.75) is 18.7 Å². The van der Waals surface area contributed by atoms with E-state index in [0.717, 1.165) is 16.9 Å². The molecule has 0 unspecified atom stereocenters. The van der Waals surface area contributed by atoms with Gasteiger partial charge in [-0.05, 0) is 49.2 Å². The summed E-state index contributed by atoms with van der Waals surface area (Å²) >= 11 is 0. The van der Waals surface area contributed by atoms with E-state index in [2.05, 4.69) is 0 Å². The third-order valence-corrected chi connectivity index (χ3v) is 6.01. The molecular weight excluding hydrogens is 366 g/mol.